The maximum Gasteiger partial charge on any atom is 0.343 e. The third-order valence-electron chi connectivity index (χ3n) is 3.75. The quantitative estimate of drug-likeness (QED) is 0.527. The average Bonchev–Trinajstić information content (AvgIpc) is 2.99. The van der Waals surface area contributed by atoms with Crippen LogP contribution in [-0.2, 0) is 6.42 Å². The summed E-state index contributed by atoms with van der Waals surface area (Å²) >= 11 is 0. The van der Waals surface area contributed by atoms with Gasteiger partial charge in [0, 0.05) is 23.5 Å². The van der Waals surface area contributed by atoms with Gasteiger partial charge in [0.2, 0.25) is 0 Å². The van der Waals surface area contributed by atoms with Crippen LogP contribution in [0.15, 0.2) is 48.7 Å². The van der Waals surface area contributed by atoms with E-state index < -0.39 is 11.9 Å². The van der Waals surface area contributed by atoms with Crippen LogP contribution >= 0.6 is 0 Å². The fraction of sp³-hybridized carbons (Fsp3) is 0.111. The molecule has 1 heterocycles. The van der Waals surface area contributed by atoms with E-state index in [-0.39, 0.29) is 11.1 Å². The number of carboxylic acid groups (broad SMARTS) is 1. The lowest BCUT2D eigenvalue weighted by Gasteiger charge is -2.08. The summed E-state index contributed by atoms with van der Waals surface area (Å²) in [7, 11) is 0. The molecule has 0 unspecified atom stereocenters. The molecule has 1 aromatic heterocycles. The van der Waals surface area contributed by atoms with Crippen molar-refractivity contribution in [1.29, 1.82) is 0 Å². The molecule has 0 amide bonds. The first kappa shape index (κ1) is 15.8. The third kappa shape index (κ3) is 3.00. The van der Waals surface area contributed by atoms with Crippen molar-refractivity contribution < 1.29 is 25.2 Å². The second-order valence-corrected chi connectivity index (χ2v) is 5.35. The minimum atomic E-state index is -1.29. The van der Waals surface area contributed by atoms with Crippen LogP contribution in [0.25, 0.3) is 10.9 Å². The lowest BCUT2D eigenvalue weighted by molar-refractivity contribution is -0.366. The number of benzene rings is 2. The molecule has 0 fully saturated rings. The van der Waals surface area contributed by atoms with Crippen molar-refractivity contribution in [3.05, 3.63) is 65.4 Å². The summed E-state index contributed by atoms with van der Waals surface area (Å²) in [4.78, 5) is 26.2. The number of aromatic amines is 1. The van der Waals surface area contributed by atoms with Crippen LogP contribution in [0.1, 0.15) is 26.3 Å². The van der Waals surface area contributed by atoms with E-state index in [0.717, 1.165) is 29.4 Å². The first-order valence-corrected chi connectivity index (χ1v) is 7.52. The Labute approximate surface area is 137 Å². The molecule has 0 atom stereocenters. The van der Waals surface area contributed by atoms with Crippen molar-refractivity contribution in [3.63, 3.8) is 0 Å². The maximum absolute atomic E-state index is 12.3. The predicted octanol–water partition coefficient (Wildman–Crippen LogP) is 0.535. The lowest BCUT2D eigenvalue weighted by Crippen LogP contribution is -2.51. The highest BCUT2D eigenvalue weighted by atomic mass is 16.5. The Balaban J connectivity index is 1.90. The monoisotopic (exact) mass is 324 g/mol. The van der Waals surface area contributed by atoms with E-state index in [1.54, 1.807) is 12.1 Å². The molecule has 0 spiro atoms. The topological polar surface area (TPSA) is 110 Å². The van der Waals surface area contributed by atoms with Crippen LogP contribution in [0.5, 0.6) is 5.75 Å². The van der Waals surface area contributed by atoms with Gasteiger partial charge in [-0.1, -0.05) is 18.2 Å². The molecule has 0 saturated carbocycles. The summed E-state index contributed by atoms with van der Waals surface area (Å²) in [6.07, 6.45) is 2.66. The van der Waals surface area contributed by atoms with Gasteiger partial charge in [-0.15, -0.1) is 0 Å². The van der Waals surface area contributed by atoms with Crippen LogP contribution in [-0.4, -0.2) is 23.5 Å². The van der Waals surface area contributed by atoms with Gasteiger partial charge in [-0.3, -0.25) is 0 Å². The zero-order chi connectivity index (χ0) is 17.1. The summed E-state index contributed by atoms with van der Waals surface area (Å²) in [6, 6.07) is 10.9. The standard InChI is InChI=1S/C18H16N2O4/c19-9-8-13-10-20-14-2-1-3-15(16(13)14)24-18(23)12-6-4-11(5-7-12)17(21)22/h1-7,10,20H,8-9,19H2,(H,21,22). The number of rotatable bonds is 5. The Hall–Kier alpha value is -3.12. The molecular formula is C18H16N2O4. The largest absolute Gasteiger partial charge is 0.545 e. The van der Waals surface area contributed by atoms with E-state index in [2.05, 4.69) is 10.7 Å². The number of carboxylic acids is 1. The van der Waals surface area contributed by atoms with Gasteiger partial charge in [-0.2, -0.15) is 0 Å². The van der Waals surface area contributed by atoms with Crippen molar-refractivity contribution in [1.82, 2.24) is 4.98 Å². The number of fused-ring (bicyclic) bond motifs is 1. The molecular weight excluding hydrogens is 308 g/mol. The Morgan fingerprint density at radius 1 is 1.08 bits per heavy atom. The van der Waals surface area contributed by atoms with Gasteiger partial charge in [0.1, 0.15) is 5.75 Å². The number of quaternary nitrogens is 1. The van der Waals surface area contributed by atoms with E-state index in [1.165, 1.54) is 24.3 Å². The number of carbonyl (C=O) groups is 2. The summed E-state index contributed by atoms with van der Waals surface area (Å²) in [6.45, 7) is 0.736. The van der Waals surface area contributed by atoms with Crippen molar-refractivity contribution >= 4 is 22.8 Å². The van der Waals surface area contributed by atoms with E-state index in [4.69, 9.17) is 4.74 Å². The lowest BCUT2D eigenvalue weighted by atomic mass is 10.1. The number of carbonyl (C=O) groups excluding carboxylic acids is 2. The number of aromatic carboxylic acids is 1. The smallest absolute Gasteiger partial charge is 0.343 e. The second-order valence-electron chi connectivity index (χ2n) is 5.35. The molecule has 2 aromatic carbocycles. The second kappa shape index (κ2) is 6.55. The van der Waals surface area contributed by atoms with Crippen molar-refractivity contribution in [2.24, 2.45) is 0 Å². The van der Waals surface area contributed by atoms with Crippen molar-refractivity contribution in [2.45, 2.75) is 6.42 Å². The summed E-state index contributed by atoms with van der Waals surface area (Å²) < 4.78 is 5.52. The first-order valence-electron chi connectivity index (χ1n) is 7.52. The van der Waals surface area contributed by atoms with Crippen LogP contribution in [0, 0.1) is 0 Å². The molecule has 122 valence electrons. The number of H-pyrrole nitrogens is 1. The summed E-state index contributed by atoms with van der Waals surface area (Å²) in [5.74, 6) is -1.37. The number of hydrogen-bond donors (Lipinski definition) is 2. The Bertz CT molecular complexity index is 897. The first-order chi connectivity index (χ1) is 11.6. The SMILES string of the molecule is [NH3+]CCc1c[nH]c2cccc(OC(=O)c3ccc(C(=O)[O-])cc3)c12. The Morgan fingerprint density at radius 2 is 1.79 bits per heavy atom. The fourth-order valence-electron chi connectivity index (χ4n) is 2.59. The molecule has 0 bridgehead atoms. The molecule has 0 saturated heterocycles. The molecule has 3 rings (SSSR count). The highest BCUT2D eigenvalue weighted by Gasteiger charge is 2.14. The van der Waals surface area contributed by atoms with Crippen LogP contribution in [0.4, 0.5) is 0 Å². The van der Waals surface area contributed by atoms with Gasteiger partial charge in [0.05, 0.1) is 18.1 Å². The van der Waals surface area contributed by atoms with Gasteiger partial charge in [0.15, 0.2) is 0 Å². The van der Waals surface area contributed by atoms with E-state index >= 15 is 0 Å². The minimum Gasteiger partial charge on any atom is -0.545 e. The fourth-order valence-corrected chi connectivity index (χ4v) is 2.59. The van der Waals surface area contributed by atoms with E-state index in [1.807, 2.05) is 12.3 Å². The third-order valence-corrected chi connectivity index (χ3v) is 3.75. The number of nitrogens with one attached hydrogen (secondary N) is 1. The Morgan fingerprint density at radius 3 is 2.46 bits per heavy atom. The average molecular weight is 324 g/mol. The molecule has 6 heteroatoms. The molecule has 24 heavy (non-hydrogen) atoms. The van der Waals surface area contributed by atoms with E-state index in [0.29, 0.717) is 5.75 Å². The minimum absolute atomic E-state index is 0.0111. The number of ether oxygens (including phenoxy) is 1. The molecule has 6 nitrogen and oxygen atoms in total. The number of esters is 1. The number of hydrogen-bond acceptors (Lipinski definition) is 4. The van der Waals surface area contributed by atoms with E-state index in [9.17, 15) is 14.7 Å². The summed E-state index contributed by atoms with van der Waals surface area (Å²) in [5, 5.41) is 11.6. The summed E-state index contributed by atoms with van der Waals surface area (Å²) in [5.41, 5.74) is 6.06. The van der Waals surface area contributed by atoms with Crippen molar-refractivity contribution in [2.75, 3.05) is 6.54 Å². The molecule has 0 radical (unpaired) electrons. The van der Waals surface area contributed by atoms with Crippen LogP contribution in [0.3, 0.4) is 0 Å². The van der Waals surface area contributed by atoms with Crippen molar-refractivity contribution in [3.8, 4) is 5.75 Å². The van der Waals surface area contributed by atoms with Gasteiger partial charge in [-0.25, -0.2) is 4.79 Å². The Kier molecular flexibility index (Phi) is 4.31. The highest BCUT2D eigenvalue weighted by molar-refractivity contribution is 5.96. The van der Waals surface area contributed by atoms with Crippen LogP contribution in [0.2, 0.25) is 0 Å². The molecule has 0 aliphatic heterocycles. The zero-order valence-corrected chi connectivity index (χ0v) is 12.9. The molecule has 0 aliphatic rings. The van der Waals surface area contributed by atoms with Gasteiger partial charge >= 0.3 is 5.97 Å². The predicted molar refractivity (Wildman–Crippen MR) is 85.5 cm³/mol. The maximum atomic E-state index is 12.3. The highest BCUT2D eigenvalue weighted by Crippen LogP contribution is 2.29. The van der Waals surface area contributed by atoms with Gasteiger partial charge in [0.25, 0.3) is 0 Å². The zero-order valence-electron chi connectivity index (χ0n) is 12.9. The molecule has 4 N–H and O–H groups in total. The molecule has 0 aliphatic carbocycles. The van der Waals surface area contributed by atoms with Gasteiger partial charge < -0.3 is 25.4 Å². The van der Waals surface area contributed by atoms with Crippen LogP contribution < -0.4 is 15.6 Å². The number of aromatic nitrogens is 1. The normalized spacial score (nSPS) is 10.7. The van der Waals surface area contributed by atoms with Gasteiger partial charge in [-0.05, 0) is 35.4 Å². The molecule has 3 aromatic rings.